The molecule has 0 unspecified atom stereocenters. The molecule has 0 aliphatic carbocycles. The molecule has 0 saturated carbocycles. The van der Waals surface area contributed by atoms with Crippen molar-refractivity contribution in [2.75, 3.05) is 5.32 Å². The van der Waals surface area contributed by atoms with E-state index in [-0.39, 0.29) is 0 Å². The lowest BCUT2D eigenvalue weighted by Crippen LogP contribution is -2.01. The summed E-state index contributed by atoms with van der Waals surface area (Å²) in [6.45, 7) is 6.95. The van der Waals surface area contributed by atoms with Crippen molar-refractivity contribution in [1.29, 1.82) is 0 Å². The van der Waals surface area contributed by atoms with Gasteiger partial charge in [0.05, 0.1) is 17.9 Å². The van der Waals surface area contributed by atoms with Crippen LogP contribution in [0.4, 0.5) is 5.13 Å². The van der Waals surface area contributed by atoms with Gasteiger partial charge in [0, 0.05) is 11.1 Å². The Morgan fingerprint density at radius 3 is 2.81 bits per heavy atom. The summed E-state index contributed by atoms with van der Waals surface area (Å²) in [6.07, 6.45) is 0.985. The maximum absolute atomic E-state index is 4.45. The van der Waals surface area contributed by atoms with E-state index in [1.165, 1.54) is 5.56 Å². The molecule has 2 rings (SSSR count). The van der Waals surface area contributed by atoms with Crippen molar-refractivity contribution in [3.05, 3.63) is 28.0 Å². The molecule has 0 fully saturated rings. The van der Waals surface area contributed by atoms with Crippen molar-refractivity contribution in [3.8, 4) is 0 Å². The molecular formula is C11H16N4S. The zero-order valence-corrected chi connectivity index (χ0v) is 10.6. The van der Waals surface area contributed by atoms with E-state index in [1.54, 1.807) is 11.3 Å². The summed E-state index contributed by atoms with van der Waals surface area (Å²) in [5.74, 6) is 0. The molecule has 5 heteroatoms. The number of hydrogen-bond acceptors (Lipinski definition) is 4. The van der Waals surface area contributed by atoms with Crippen molar-refractivity contribution in [2.24, 2.45) is 0 Å². The Kier molecular flexibility index (Phi) is 3.24. The molecule has 0 radical (unpaired) electrons. The van der Waals surface area contributed by atoms with Crippen LogP contribution in [0.5, 0.6) is 0 Å². The van der Waals surface area contributed by atoms with Gasteiger partial charge in [-0.15, -0.1) is 11.3 Å². The maximum atomic E-state index is 4.45. The van der Waals surface area contributed by atoms with Crippen LogP contribution in [0, 0.1) is 13.8 Å². The highest BCUT2D eigenvalue weighted by molar-refractivity contribution is 7.13. The first-order chi connectivity index (χ1) is 7.70. The predicted octanol–water partition coefficient (Wildman–Crippen LogP) is 2.66. The number of aryl methyl sites for hydroxylation is 2. The Bertz CT molecular complexity index is 472. The highest BCUT2D eigenvalue weighted by Crippen LogP contribution is 2.17. The average molecular weight is 236 g/mol. The van der Waals surface area contributed by atoms with E-state index in [0.717, 1.165) is 35.2 Å². The summed E-state index contributed by atoms with van der Waals surface area (Å²) in [4.78, 5) is 4.45. The lowest BCUT2D eigenvalue weighted by atomic mass is 10.2. The molecule has 4 nitrogen and oxygen atoms in total. The second-order valence-electron chi connectivity index (χ2n) is 3.77. The number of thiazole rings is 1. The molecular weight excluding hydrogens is 220 g/mol. The van der Waals surface area contributed by atoms with Crippen LogP contribution in [0.25, 0.3) is 0 Å². The van der Waals surface area contributed by atoms with E-state index in [4.69, 9.17) is 0 Å². The fourth-order valence-corrected chi connectivity index (χ4v) is 2.21. The summed E-state index contributed by atoms with van der Waals surface area (Å²) in [5.41, 5.74) is 4.55. The number of anilines is 1. The van der Waals surface area contributed by atoms with E-state index in [1.807, 2.05) is 6.92 Å². The lowest BCUT2D eigenvalue weighted by molar-refractivity contribution is 0.960. The summed E-state index contributed by atoms with van der Waals surface area (Å²) in [6, 6.07) is 0. The van der Waals surface area contributed by atoms with Crippen LogP contribution in [0.2, 0.25) is 0 Å². The van der Waals surface area contributed by atoms with Crippen LogP contribution >= 0.6 is 11.3 Å². The van der Waals surface area contributed by atoms with E-state index < -0.39 is 0 Å². The molecule has 0 aliphatic rings. The Hall–Kier alpha value is -1.36. The van der Waals surface area contributed by atoms with Crippen molar-refractivity contribution >= 4 is 16.5 Å². The second-order valence-corrected chi connectivity index (χ2v) is 4.63. The van der Waals surface area contributed by atoms with Gasteiger partial charge in [0.1, 0.15) is 0 Å². The fourth-order valence-electron chi connectivity index (χ4n) is 1.42. The SMILES string of the molecule is CCc1csc(NCc2n[nH]c(C)c2C)n1. The Balaban J connectivity index is 1.99. The zero-order valence-electron chi connectivity index (χ0n) is 9.79. The number of hydrogen-bond donors (Lipinski definition) is 2. The molecule has 16 heavy (non-hydrogen) atoms. The largest absolute Gasteiger partial charge is 0.356 e. The minimum Gasteiger partial charge on any atom is -0.356 e. The van der Waals surface area contributed by atoms with Crippen molar-refractivity contribution in [2.45, 2.75) is 33.7 Å². The highest BCUT2D eigenvalue weighted by Gasteiger charge is 2.06. The lowest BCUT2D eigenvalue weighted by Gasteiger charge is -2.00. The highest BCUT2D eigenvalue weighted by atomic mass is 32.1. The van der Waals surface area contributed by atoms with Gasteiger partial charge in [0.2, 0.25) is 0 Å². The summed E-state index contributed by atoms with van der Waals surface area (Å²) < 4.78 is 0. The third kappa shape index (κ3) is 2.24. The topological polar surface area (TPSA) is 53.6 Å². The van der Waals surface area contributed by atoms with E-state index >= 15 is 0 Å². The summed E-state index contributed by atoms with van der Waals surface area (Å²) >= 11 is 1.65. The smallest absolute Gasteiger partial charge is 0.183 e. The van der Waals surface area contributed by atoms with Gasteiger partial charge in [-0.1, -0.05) is 6.92 Å². The molecule has 0 amide bonds. The minimum absolute atomic E-state index is 0.729. The zero-order chi connectivity index (χ0) is 11.5. The predicted molar refractivity (Wildman–Crippen MR) is 66.9 cm³/mol. The second kappa shape index (κ2) is 4.65. The molecule has 0 aromatic carbocycles. The summed E-state index contributed by atoms with van der Waals surface area (Å²) in [5, 5.41) is 13.6. The number of H-pyrrole nitrogens is 1. The fraction of sp³-hybridized carbons (Fsp3) is 0.455. The van der Waals surface area contributed by atoms with E-state index in [9.17, 15) is 0 Å². The first kappa shape index (κ1) is 11.1. The van der Waals surface area contributed by atoms with Gasteiger partial charge in [-0.3, -0.25) is 5.10 Å². The number of nitrogens with zero attached hydrogens (tertiary/aromatic N) is 2. The normalized spacial score (nSPS) is 10.7. The molecule has 2 aromatic heterocycles. The standard InChI is InChI=1S/C11H16N4S/c1-4-9-6-16-11(13-9)12-5-10-7(2)8(3)14-15-10/h6H,4-5H2,1-3H3,(H,12,13)(H,14,15). The van der Waals surface area contributed by atoms with Gasteiger partial charge < -0.3 is 5.32 Å². The van der Waals surface area contributed by atoms with Gasteiger partial charge >= 0.3 is 0 Å². The monoisotopic (exact) mass is 236 g/mol. The van der Waals surface area contributed by atoms with Crippen LogP contribution < -0.4 is 5.32 Å². The van der Waals surface area contributed by atoms with Crippen molar-refractivity contribution in [3.63, 3.8) is 0 Å². The van der Waals surface area contributed by atoms with Gasteiger partial charge in [0.15, 0.2) is 5.13 Å². The molecule has 2 heterocycles. The van der Waals surface area contributed by atoms with Crippen LogP contribution in [-0.2, 0) is 13.0 Å². The molecule has 0 spiro atoms. The van der Waals surface area contributed by atoms with Gasteiger partial charge in [0.25, 0.3) is 0 Å². The van der Waals surface area contributed by atoms with Gasteiger partial charge in [-0.25, -0.2) is 4.98 Å². The molecule has 0 aliphatic heterocycles. The molecule has 86 valence electrons. The Morgan fingerprint density at radius 2 is 2.25 bits per heavy atom. The van der Waals surface area contributed by atoms with Crippen molar-refractivity contribution < 1.29 is 0 Å². The van der Waals surface area contributed by atoms with Crippen LogP contribution in [0.3, 0.4) is 0 Å². The number of aromatic nitrogens is 3. The van der Waals surface area contributed by atoms with Crippen LogP contribution in [0.15, 0.2) is 5.38 Å². The number of rotatable bonds is 4. The molecule has 2 aromatic rings. The molecule has 2 N–H and O–H groups in total. The number of nitrogens with one attached hydrogen (secondary N) is 2. The quantitative estimate of drug-likeness (QED) is 0.858. The molecule has 0 saturated heterocycles. The van der Waals surface area contributed by atoms with Crippen LogP contribution in [0.1, 0.15) is 29.6 Å². The third-order valence-corrected chi connectivity index (χ3v) is 3.52. The molecule has 0 atom stereocenters. The minimum atomic E-state index is 0.729. The number of aromatic amines is 1. The van der Waals surface area contributed by atoms with Gasteiger partial charge in [-0.2, -0.15) is 5.10 Å². The Morgan fingerprint density at radius 1 is 1.44 bits per heavy atom. The van der Waals surface area contributed by atoms with E-state index in [2.05, 4.69) is 39.7 Å². The Labute approximate surface area is 99.1 Å². The molecule has 0 bridgehead atoms. The average Bonchev–Trinajstić information content (AvgIpc) is 2.86. The first-order valence-electron chi connectivity index (χ1n) is 5.39. The van der Waals surface area contributed by atoms with Gasteiger partial charge in [-0.05, 0) is 25.8 Å². The third-order valence-electron chi connectivity index (χ3n) is 2.67. The summed E-state index contributed by atoms with van der Waals surface area (Å²) in [7, 11) is 0. The maximum Gasteiger partial charge on any atom is 0.183 e. The first-order valence-corrected chi connectivity index (χ1v) is 6.27. The van der Waals surface area contributed by atoms with E-state index in [0.29, 0.717) is 0 Å². The van der Waals surface area contributed by atoms with Crippen molar-refractivity contribution in [1.82, 2.24) is 15.2 Å². The van der Waals surface area contributed by atoms with Crippen LogP contribution in [-0.4, -0.2) is 15.2 Å².